The molecule has 5 nitrogen and oxygen atoms in total. The zero-order valence-corrected chi connectivity index (χ0v) is 17.0. The molecule has 0 radical (unpaired) electrons. The van der Waals surface area contributed by atoms with Crippen LogP contribution in [0.15, 0.2) is 41.8 Å². The maximum atomic E-state index is 12.9. The Morgan fingerprint density at radius 1 is 1.29 bits per heavy atom. The van der Waals surface area contributed by atoms with Gasteiger partial charge < -0.3 is 15.0 Å². The highest BCUT2D eigenvalue weighted by Gasteiger charge is 2.47. The molecule has 28 heavy (non-hydrogen) atoms. The topological polar surface area (TPSA) is 58.6 Å². The van der Waals surface area contributed by atoms with Gasteiger partial charge in [-0.05, 0) is 48.3 Å². The second kappa shape index (κ2) is 8.05. The molecule has 148 valence electrons. The second-order valence-corrected chi connectivity index (χ2v) is 8.63. The normalized spacial score (nSPS) is 24.5. The van der Waals surface area contributed by atoms with E-state index in [0.717, 1.165) is 18.4 Å². The van der Waals surface area contributed by atoms with Crippen LogP contribution in [0.4, 0.5) is 0 Å². The molecule has 0 aliphatic carbocycles. The first-order valence-electron chi connectivity index (χ1n) is 9.87. The van der Waals surface area contributed by atoms with Gasteiger partial charge in [0.25, 0.3) is 5.91 Å². The molecule has 2 aliphatic rings. The van der Waals surface area contributed by atoms with E-state index < -0.39 is 5.41 Å². The second-order valence-electron chi connectivity index (χ2n) is 7.68. The summed E-state index contributed by atoms with van der Waals surface area (Å²) in [5, 5.41) is 4.91. The first-order chi connectivity index (χ1) is 13.6. The summed E-state index contributed by atoms with van der Waals surface area (Å²) in [5.41, 5.74) is 1.72. The zero-order valence-electron chi connectivity index (χ0n) is 16.1. The lowest BCUT2D eigenvalue weighted by atomic mass is 9.78. The lowest BCUT2D eigenvalue weighted by molar-refractivity contribution is -0.140. The molecule has 2 aliphatic heterocycles. The molecular formula is C22H26N2O3S. The fourth-order valence-corrected chi connectivity index (χ4v) is 5.21. The van der Waals surface area contributed by atoms with E-state index in [1.165, 1.54) is 10.4 Å². The van der Waals surface area contributed by atoms with Crippen LogP contribution in [0.25, 0.3) is 10.4 Å². The van der Waals surface area contributed by atoms with E-state index in [0.29, 0.717) is 32.5 Å². The van der Waals surface area contributed by atoms with Gasteiger partial charge in [-0.15, -0.1) is 11.3 Å². The third-order valence-corrected chi connectivity index (χ3v) is 6.82. The molecule has 2 amide bonds. The van der Waals surface area contributed by atoms with Gasteiger partial charge in [-0.2, -0.15) is 0 Å². The summed E-state index contributed by atoms with van der Waals surface area (Å²) in [6.07, 6.45) is 2.67. The van der Waals surface area contributed by atoms with Crippen molar-refractivity contribution in [1.82, 2.24) is 10.2 Å². The van der Waals surface area contributed by atoms with Crippen LogP contribution in [-0.4, -0.2) is 49.6 Å². The van der Waals surface area contributed by atoms with Crippen LogP contribution in [0, 0.1) is 5.41 Å². The Labute approximate surface area is 169 Å². The number of hydrogen-bond acceptors (Lipinski definition) is 4. The summed E-state index contributed by atoms with van der Waals surface area (Å²) in [6, 6.07) is 12.4. The monoisotopic (exact) mass is 398 g/mol. The molecule has 1 N–H and O–H groups in total. The van der Waals surface area contributed by atoms with Crippen molar-refractivity contribution >= 4 is 23.2 Å². The van der Waals surface area contributed by atoms with Crippen LogP contribution in [0.5, 0.6) is 0 Å². The minimum Gasteiger partial charge on any atom is -0.368 e. The maximum Gasteiger partial charge on any atom is 0.251 e. The predicted octanol–water partition coefficient (Wildman–Crippen LogP) is 3.10. The number of benzene rings is 1. The molecule has 1 aromatic heterocycles. The predicted molar refractivity (Wildman–Crippen MR) is 110 cm³/mol. The summed E-state index contributed by atoms with van der Waals surface area (Å²) in [4.78, 5) is 28.8. The Morgan fingerprint density at radius 3 is 2.86 bits per heavy atom. The Morgan fingerprint density at radius 2 is 2.14 bits per heavy atom. The number of rotatable bonds is 5. The average Bonchev–Trinajstić information content (AvgIpc) is 3.49. The van der Waals surface area contributed by atoms with Crippen molar-refractivity contribution in [2.45, 2.75) is 31.8 Å². The molecule has 0 unspecified atom stereocenters. The Kier molecular flexibility index (Phi) is 5.51. The molecule has 0 saturated carbocycles. The van der Waals surface area contributed by atoms with Crippen molar-refractivity contribution in [1.29, 1.82) is 0 Å². The smallest absolute Gasteiger partial charge is 0.251 e. The van der Waals surface area contributed by atoms with Gasteiger partial charge in [0.1, 0.15) is 6.10 Å². The third kappa shape index (κ3) is 3.59. The van der Waals surface area contributed by atoms with Crippen LogP contribution in [0.3, 0.4) is 0 Å². The number of carbonyl (C=O) groups excluding carboxylic acids is 2. The molecule has 6 heteroatoms. The Balaban J connectivity index is 1.60. The summed E-state index contributed by atoms with van der Waals surface area (Å²) in [6.45, 7) is 1.70. The SMILES string of the molecule is CNC(=O)[C@@]1(Cc2ccccc2-c2cccs2)CCN(C(=O)[C@@H]2CCCO2)C1. The van der Waals surface area contributed by atoms with Crippen molar-refractivity contribution < 1.29 is 14.3 Å². The van der Waals surface area contributed by atoms with Crippen LogP contribution >= 0.6 is 11.3 Å². The minimum atomic E-state index is -0.601. The summed E-state index contributed by atoms with van der Waals surface area (Å²) < 4.78 is 5.58. The molecule has 0 spiro atoms. The Hall–Kier alpha value is -2.18. The van der Waals surface area contributed by atoms with Crippen LogP contribution < -0.4 is 5.32 Å². The Bertz CT molecular complexity index is 845. The van der Waals surface area contributed by atoms with E-state index in [2.05, 4.69) is 28.9 Å². The van der Waals surface area contributed by atoms with Gasteiger partial charge in [0.15, 0.2) is 0 Å². The molecule has 1 aromatic carbocycles. The molecule has 2 saturated heterocycles. The lowest BCUT2D eigenvalue weighted by Crippen LogP contribution is -2.45. The van der Waals surface area contributed by atoms with Crippen molar-refractivity contribution in [2.75, 3.05) is 26.7 Å². The fourth-order valence-electron chi connectivity index (χ4n) is 4.42. The van der Waals surface area contributed by atoms with Crippen LogP contribution in [0.1, 0.15) is 24.8 Å². The number of nitrogens with zero attached hydrogens (tertiary/aromatic N) is 1. The van der Waals surface area contributed by atoms with Crippen LogP contribution in [0.2, 0.25) is 0 Å². The highest BCUT2D eigenvalue weighted by molar-refractivity contribution is 7.13. The molecule has 2 aromatic rings. The molecule has 2 atom stereocenters. The van der Waals surface area contributed by atoms with Gasteiger partial charge >= 0.3 is 0 Å². The number of amides is 2. The van der Waals surface area contributed by atoms with Gasteiger partial charge in [-0.25, -0.2) is 0 Å². The maximum absolute atomic E-state index is 12.9. The van der Waals surface area contributed by atoms with Crippen molar-refractivity contribution in [2.24, 2.45) is 5.41 Å². The van der Waals surface area contributed by atoms with Gasteiger partial charge in [0.2, 0.25) is 5.91 Å². The third-order valence-electron chi connectivity index (χ3n) is 5.91. The number of carbonyl (C=O) groups is 2. The molecule has 2 fully saturated rings. The van der Waals surface area contributed by atoms with Crippen molar-refractivity contribution in [3.8, 4) is 10.4 Å². The molecule has 4 rings (SSSR count). The number of ether oxygens (including phenoxy) is 1. The summed E-state index contributed by atoms with van der Waals surface area (Å²) in [5.74, 6) is 0.0472. The number of thiophene rings is 1. The number of nitrogens with one attached hydrogen (secondary N) is 1. The highest BCUT2D eigenvalue weighted by atomic mass is 32.1. The van der Waals surface area contributed by atoms with Gasteiger partial charge in [0, 0.05) is 31.6 Å². The number of likely N-dealkylation sites (tertiary alicyclic amines) is 1. The average molecular weight is 399 g/mol. The number of hydrogen-bond donors (Lipinski definition) is 1. The molecule has 3 heterocycles. The van der Waals surface area contributed by atoms with Gasteiger partial charge in [0.05, 0.1) is 5.41 Å². The lowest BCUT2D eigenvalue weighted by Gasteiger charge is -2.29. The van der Waals surface area contributed by atoms with Crippen molar-refractivity contribution in [3.05, 3.63) is 47.3 Å². The van der Waals surface area contributed by atoms with Crippen molar-refractivity contribution in [3.63, 3.8) is 0 Å². The van der Waals surface area contributed by atoms with Gasteiger partial charge in [-0.3, -0.25) is 9.59 Å². The van der Waals surface area contributed by atoms with E-state index in [1.54, 1.807) is 18.4 Å². The van der Waals surface area contributed by atoms with E-state index in [-0.39, 0.29) is 17.9 Å². The molecule has 0 bridgehead atoms. The standard InChI is InChI=1S/C22H26N2O3S/c1-23-21(26)22(10-11-24(15-22)20(25)18-8-4-12-27-18)14-16-6-2-3-7-17(16)19-9-5-13-28-19/h2-3,5-7,9,13,18H,4,8,10-12,14-15H2,1H3,(H,23,26)/t18-,22+/m0/s1. The van der Waals surface area contributed by atoms with E-state index in [4.69, 9.17) is 4.74 Å². The highest BCUT2D eigenvalue weighted by Crippen LogP contribution is 2.39. The quantitative estimate of drug-likeness (QED) is 0.842. The molecular weight excluding hydrogens is 372 g/mol. The van der Waals surface area contributed by atoms with Crippen LogP contribution in [-0.2, 0) is 20.7 Å². The first kappa shape index (κ1) is 19.2. The largest absolute Gasteiger partial charge is 0.368 e. The summed E-state index contributed by atoms with van der Waals surface area (Å²) >= 11 is 1.70. The fraction of sp³-hybridized carbons (Fsp3) is 0.455. The summed E-state index contributed by atoms with van der Waals surface area (Å²) in [7, 11) is 1.68. The minimum absolute atomic E-state index is 0.0103. The first-order valence-corrected chi connectivity index (χ1v) is 10.8. The zero-order chi connectivity index (χ0) is 19.6. The van der Waals surface area contributed by atoms with Gasteiger partial charge in [-0.1, -0.05) is 30.3 Å². The van der Waals surface area contributed by atoms with E-state index in [1.807, 2.05) is 23.1 Å². The van der Waals surface area contributed by atoms with E-state index >= 15 is 0 Å². The van der Waals surface area contributed by atoms with E-state index in [9.17, 15) is 9.59 Å².